The first-order valence-corrected chi connectivity index (χ1v) is 8.78. The number of benzene rings is 3. The van der Waals surface area contributed by atoms with Gasteiger partial charge < -0.3 is 19.7 Å². The Morgan fingerprint density at radius 2 is 1.73 bits per heavy atom. The molecule has 0 unspecified atom stereocenters. The first kappa shape index (κ1) is 20.4. The monoisotopic (exact) mass is 406 g/mol. The molecule has 0 aliphatic rings. The van der Waals surface area contributed by atoms with Crippen LogP contribution in [0.2, 0.25) is 0 Å². The summed E-state index contributed by atoms with van der Waals surface area (Å²) in [5.41, 5.74) is 3.18. The maximum Gasteiger partial charge on any atom is 0.343 e. The summed E-state index contributed by atoms with van der Waals surface area (Å²) in [4.78, 5) is 24.3. The number of phenolic OH excluding ortho intramolecular Hbond substituents is 2. The van der Waals surface area contributed by atoms with Crippen molar-refractivity contribution in [2.24, 2.45) is 5.10 Å². The lowest BCUT2D eigenvalue weighted by atomic mass is 10.2. The van der Waals surface area contributed by atoms with E-state index in [9.17, 15) is 19.8 Å². The molecule has 0 aliphatic heterocycles. The van der Waals surface area contributed by atoms with Crippen LogP contribution in [0.25, 0.3) is 0 Å². The summed E-state index contributed by atoms with van der Waals surface area (Å²) in [7, 11) is 1.54. The zero-order chi connectivity index (χ0) is 21.5. The largest absolute Gasteiger partial charge is 0.508 e. The predicted octanol–water partition coefficient (Wildman–Crippen LogP) is 3.09. The van der Waals surface area contributed by atoms with Crippen LogP contribution in [0.5, 0.6) is 23.0 Å². The summed E-state index contributed by atoms with van der Waals surface area (Å²) in [5.74, 6) is -0.757. The van der Waals surface area contributed by atoms with Gasteiger partial charge in [-0.3, -0.25) is 4.79 Å². The molecule has 0 saturated carbocycles. The SMILES string of the molecule is COc1ccc(C(=O)Oc2cccc(C=NNC(=O)c3ccc(O)cc3O)c2)cc1. The van der Waals surface area contributed by atoms with Gasteiger partial charge in [-0.05, 0) is 54.1 Å². The Morgan fingerprint density at radius 1 is 0.967 bits per heavy atom. The van der Waals surface area contributed by atoms with Gasteiger partial charge in [-0.2, -0.15) is 5.10 Å². The molecule has 8 nitrogen and oxygen atoms in total. The van der Waals surface area contributed by atoms with Crippen LogP contribution in [0.3, 0.4) is 0 Å². The van der Waals surface area contributed by atoms with Crippen LogP contribution in [0.4, 0.5) is 0 Å². The fraction of sp³-hybridized carbons (Fsp3) is 0.0455. The van der Waals surface area contributed by atoms with E-state index in [2.05, 4.69) is 10.5 Å². The summed E-state index contributed by atoms with van der Waals surface area (Å²) in [6.45, 7) is 0. The van der Waals surface area contributed by atoms with Crippen molar-refractivity contribution >= 4 is 18.1 Å². The molecule has 0 saturated heterocycles. The highest BCUT2D eigenvalue weighted by atomic mass is 16.5. The number of carbonyl (C=O) groups is 2. The van der Waals surface area contributed by atoms with Gasteiger partial charge >= 0.3 is 5.97 Å². The average molecular weight is 406 g/mol. The number of phenols is 2. The van der Waals surface area contributed by atoms with E-state index in [1.54, 1.807) is 48.5 Å². The van der Waals surface area contributed by atoms with Gasteiger partial charge in [-0.1, -0.05) is 12.1 Å². The van der Waals surface area contributed by atoms with E-state index in [1.807, 2.05) is 0 Å². The maximum atomic E-state index is 12.2. The Balaban J connectivity index is 1.63. The van der Waals surface area contributed by atoms with Gasteiger partial charge in [0.05, 0.1) is 24.5 Å². The van der Waals surface area contributed by atoms with Crippen molar-refractivity contribution in [3.63, 3.8) is 0 Å². The van der Waals surface area contributed by atoms with Gasteiger partial charge in [-0.25, -0.2) is 10.2 Å². The van der Waals surface area contributed by atoms with E-state index >= 15 is 0 Å². The van der Waals surface area contributed by atoms with Crippen LogP contribution in [0.1, 0.15) is 26.3 Å². The number of ether oxygens (including phenoxy) is 2. The molecular formula is C22H18N2O6. The van der Waals surface area contributed by atoms with Crippen LogP contribution >= 0.6 is 0 Å². The van der Waals surface area contributed by atoms with Crippen LogP contribution < -0.4 is 14.9 Å². The Kier molecular flexibility index (Phi) is 6.29. The number of rotatable bonds is 6. The third-order valence-corrected chi connectivity index (χ3v) is 4.00. The second-order valence-electron chi connectivity index (χ2n) is 6.09. The average Bonchev–Trinajstić information content (AvgIpc) is 2.74. The maximum absolute atomic E-state index is 12.2. The molecule has 0 aliphatic carbocycles. The van der Waals surface area contributed by atoms with Gasteiger partial charge in [0.15, 0.2) is 0 Å². The molecule has 0 bridgehead atoms. The molecule has 3 aromatic carbocycles. The fourth-order valence-electron chi connectivity index (χ4n) is 2.49. The van der Waals surface area contributed by atoms with Gasteiger partial charge in [-0.15, -0.1) is 0 Å². The van der Waals surface area contributed by atoms with Crippen molar-refractivity contribution in [1.29, 1.82) is 0 Å². The van der Waals surface area contributed by atoms with E-state index < -0.39 is 11.9 Å². The molecule has 0 aromatic heterocycles. The fourth-order valence-corrected chi connectivity index (χ4v) is 2.49. The number of methoxy groups -OCH3 is 1. The minimum absolute atomic E-state index is 0.0351. The molecule has 8 heteroatoms. The molecule has 3 rings (SSSR count). The number of esters is 1. The molecule has 30 heavy (non-hydrogen) atoms. The van der Waals surface area contributed by atoms with Crippen LogP contribution in [-0.4, -0.2) is 35.4 Å². The van der Waals surface area contributed by atoms with Crippen molar-refractivity contribution in [2.45, 2.75) is 0 Å². The zero-order valence-corrected chi connectivity index (χ0v) is 15.9. The first-order valence-electron chi connectivity index (χ1n) is 8.78. The lowest BCUT2D eigenvalue weighted by Crippen LogP contribution is -2.17. The van der Waals surface area contributed by atoms with Crippen LogP contribution in [0, 0.1) is 0 Å². The van der Waals surface area contributed by atoms with E-state index in [0.29, 0.717) is 22.6 Å². The van der Waals surface area contributed by atoms with Crippen molar-refractivity contribution < 1.29 is 29.3 Å². The third-order valence-electron chi connectivity index (χ3n) is 4.00. The number of amides is 1. The number of hydrogen-bond acceptors (Lipinski definition) is 7. The summed E-state index contributed by atoms with van der Waals surface area (Å²) in [6, 6.07) is 16.7. The lowest BCUT2D eigenvalue weighted by molar-refractivity contribution is 0.0734. The second kappa shape index (κ2) is 9.24. The quantitative estimate of drug-likeness (QED) is 0.251. The molecule has 3 N–H and O–H groups in total. The second-order valence-corrected chi connectivity index (χ2v) is 6.09. The van der Waals surface area contributed by atoms with Gasteiger partial charge in [0, 0.05) is 6.07 Å². The lowest BCUT2D eigenvalue weighted by Gasteiger charge is -2.06. The van der Waals surface area contributed by atoms with Crippen molar-refractivity contribution in [1.82, 2.24) is 5.43 Å². The van der Waals surface area contributed by atoms with E-state index in [4.69, 9.17) is 9.47 Å². The Labute approximate surface area is 172 Å². The number of carbonyl (C=O) groups excluding carboxylic acids is 2. The van der Waals surface area contributed by atoms with E-state index in [-0.39, 0.29) is 17.1 Å². The number of aromatic hydroxyl groups is 2. The molecule has 152 valence electrons. The molecule has 0 radical (unpaired) electrons. The highest BCUT2D eigenvalue weighted by Crippen LogP contribution is 2.22. The van der Waals surface area contributed by atoms with Crippen molar-refractivity contribution in [3.05, 3.63) is 83.4 Å². The minimum atomic E-state index is -0.647. The summed E-state index contributed by atoms with van der Waals surface area (Å²) >= 11 is 0. The number of nitrogens with one attached hydrogen (secondary N) is 1. The predicted molar refractivity (Wildman–Crippen MR) is 109 cm³/mol. The topological polar surface area (TPSA) is 117 Å². The summed E-state index contributed by atoms with van der Waals surface area (Å²) in [5, 5.41) is 22.8. The highest BCUT2D eigenvalue weighted by molar-refractivity contribution is 5.97. The van der Waals surface area contributed by atoms with Crippen LogP contribution in [-0.2, 0) is 0 Å². The Morgan fingerprint density at radius 3 is 2.43 bits per heavy atom. The zero-order valence-electron chi connectivity index (χ0n) is 15.9. The Bertz CT molecular complexity index is 1090. The van der Waals surface area contributed by atoms with Gasteiger partial charge in [0.25, 0.3) is 5.91 Å². The number of hydrogen-bond donors (Lipinski definition) is 3. The normalized spacial score (nSPS) is 10.6. The smallest absolute Gasteiger partial charge is 0.343 e. The van der Waals surface area contributed by atoms with Gasteiger partial charge in [0.1, 0.15) is 23.0 Å². The standard InChI is InChI=1S/C22H18N2O6/c1-29-17-8-5-15(6-9-17)22(28)30-18-4-2-3-14(11-18)13-23-24-21(27)19-10-7-16(25)12-20(19)26/h2-13,25-26H,1H3,(H,24,27). The number of nitrogens with zero attached hydrogens (tertiary/aromatic N) is 1. The molecule has 0 fully saturated rings. The Hall–Kier alpha value is -4.33. The van der Waals surface area contributed by atoms with E-state index in [1.165, 1.54) is 25.5 Å². The molecule has 1 amide bonds. The summed E-state index contributed by atoms with van der Waals surface area (Å²) < 4.78 is 10.4. The number of hydrazone groups is 1. The molecule has 0 spiro atoms. The van der Waals surface area contributed by atoms with Gasteiger partial charge in [0.2, 0.25) is 0 Å². The summed E-state index contributed by atoms with van der Waals surface area (Å²) in [6.07, 6.45) is 1.36. The molecule has 3 aromatic rings. The van der Waals surface area contributed by atoms with Crippen molar-refractivity contribution in [3.8, 4) is 23.0 Å². The molecule has 0 heterocycles. The van der Waals surface area contributed by atoms with Crippen LogP contribution in [0.15, 0.2) is 71.8 Å². The first-order chi connectivity index (χ1) is 14.5. The molecule has 0 atom stereocenters. The highest BCUT2D eigenvalue weighted by Gasteiger charge is 2.11. The third kappa shape index (κ3) is 5.14. The molecular weight excluding hydrogens is 388 g/mol. The van der Waals surface area contributed by atoms with E-state index in [0.717, 1.165) is 6.07 Å². The minimum Gasteiger partial charge on any atom is -0.508 e. The van der Waals surface area contributed by atoms with Crippen molar-refractivity contribution in [2.75, 3.05) is 7.11 Å².